The van der Waals surface area contributed by atoms with Crippen LogP contribution in [0, 0.1) is 0 Å². The van der Waals surface area contributed by atoms with E-state index < -0.39 is 0 Å². The number of rotatable bonds is 5. The van der Waals surface area contributed by atoms with Gasteiger partial charge in [-0.2, -0.15) is 0 Å². The predicted molar refractivity (Wildman–Crippen MR) is 90.3 cm³/mol. The molecule has 2 aromatic rings. The van der Waals surface area contributed by atoms with Gasteiger partial charge < -0.3 is 9.47 Å². The summed E-state index contributed by atoms with van der Waals surface area (Å²) < 4.78 is 10.7. The molecule has 1 atom stereocenters. The SMILES string of the molecule is CC(C)(C)c1ccccc1C(=O)c1ccc(OCC2CO2)cc1. The Morgan fingerprint density at radius 2 is 1.78 bits per heavy atom. The normalized spacial score (nSPS) is 16.9. The van der Waals surface area contributed by atoms with E-state index in [-0.39, 0.29) is 17.3 Å². The lowest BCUT2D eigenvalue weighted by molar-refractivity contribution is 0.103. The van der Waals surface area contributed by atoms with Crippen LogP contribution in [0.15, 0.2) is 48.5 Å². The first-order chi connectivity index (χ1) is 10.9. The van der Waals surface area contributed by atoms with Crippen molar-refractivity contribution < 1.29 is 14.3 Å². The number of hydrogen-bond acceptors (Lipinski definition) is 3. The lowest BCUT2D eigenvalue weighted by Crippen LogP contribution is -2.17. The second kappa shape index (κ2) is 6.17. The molecular weight excluding hydrogens is 288 g/mol. The summed E-state index contributed by atoms with van der Waals surface area (Å²) in [5, 5.41) is 0. The van der Waals surface area contributed by atoms with Crippen LogP contribution in [0.3, 0.4) is 0 Å². The maximum absolute atomic E-state index is 12.8. The third-order valence-corrected chi connectivity index (χ3v) is 3.93. The summed E-state index contributed by atoms with van der Waals surface area (Å²) in [4.78, 5) is 12.8. The molecule has 0 bridgehead atoms. The predicted octanol–water partition coefficient (Wildman–Crippen LogP) is 3.99. The van der Waals surface area contributed by atoms with Crippen molar-refractivity contribution in [1.29, 1.82) is 0 Å². The Kier molecular flexibility index (Phi) is 4.22. The zero-order chi connectivity index (χ0) is 16.4. The topological polar surface area (TPSA) is 38.8 Å². The maximum Gasteiger partial charge on any atom is 0.193 e. The van der Waals surface area contributed by atoms with E-state index in [0.29, 0.717) is 12.2 Å². The summed E-state index contributed by atoms with van der Waals surface area (Å²) in [5.74, 6) is 0.814. The van der Waals surface area contributed by atoms with Crippen LogP contribution in [-0.2, 0) is 10.2 Å². The summed E-state index contributed by atoms with van der Waals surface area (Å²) in [6.07, 6.45) is 0.231. The molecule has 3 heteroatoms. The van der Waals surface area contributed by atoms with E-state index in [9.17, 15) is 4.79 Å². The van der Waals surface area contributed by atoms with Gasteiger partial charge in [0.25, 0.3) is 0 Å². The van der Waals surface area contributed by atoms with Gasteiger partial charge in [-0.25, -0.2) is 0 Å². The molecule has 1 unspecified atom stereocenters. The average Bonchev–Trinajstić information content (AvgIpc) is 3.36. The van der Waals surface area contributed by atoms with Crippen LogP contribution < -0.4 is 4.74 Å². The quantitative estimate of drug-likeness (QED) is 0.619. The zero-order valence-electron chi connectivity index (χ0n) is 13.8. The number of benzene rings is 2. The molecule has 2 aromatic carbocycles. The molecule has 120 valence electrons. The van der Waals surface area contributed by atoms with Gasteiger partial charge in [0.1, 0.15) is 18.5 Å². The van der Waals surface area contributed by atoms with Crippen LogP contribution in [0.1, 0.15) is 42.3 Å². The molecule has 1 fully saturated rings. The van der Waals surface area contributed by atoms with E-state index in [1.807, 2.05) is 48.5 Å². The van der Waals surface area contributed by atoms with E-state index in [1.165, 1.54) is 0 Å². The van der Waals surface area contributed by atoms with E-state index in [1.54, 1.807) is 0 Å². The van der Waals surface area contributed by atoms with E-state index in [0.717, 1.165) is 23.5 Å². The van der Waals surface area contributed by atoms with Crippen LogP contribution >= 0.6 is 0 Å². The number of ketones is 1. The molecule has 3 rings (SSSR count). The van der Waals surface area contributed by atoms with Crippen LogP contribution in [0.25, 0.3) is 0 Å². The highest BCUT2D eigenvalue weighted by Crippen LogP contribution is 2.27. The number of epoxide rings is 1. The molecule has 3 nitrogen and oxygen atoms in total. The molecule has 0 N–H and O–H groups in total. The van der Waals surface area contributed by atoms with Crippen LogP contribution in [0.2, 0.25) is 0 Å². The molecule has 0 aromatic heterocycles. The third kappa shape index (κ3) is 3.80. The molecule has 0 radical (unpaired) electrons. The number of hydrogen-bond donors (Lipinski definition) is 0. The average molecular weight is 310 g/mol. The first-order valence-corrected chi connectivity index (χ1v) is 7.94. The molecule has 0 aliphatic carbocycles. The molecule has 1 saturated heterocycles. The van der Waals surface area contributed by atoms with Gasteiger partial charge in [0.05, 0.1) is 6.61 Å². The maximum atomic E-state index is 12.8. The van der Waals surface area contributed by atoms with Crippen molar-refractivity contribution in [3.63, 3.8) is 0 Å². The van der Waals surface area contributed by atoms with Crippen molar-refractivity contribution in [2.75, 3.05) is 13.2 Å². The second-order valence-electron chi connectivity index (χ2n) is 6.92. The van der Waals surface area contributed by atoms with Crippen LogP contribution in [0.5, 0.6) is 5.75 Å². The van der Waals surface area contributed by atoms with Crippen molar-refractivity contribution in [1.82, 2.24) is 0 Å². The molecule has 1 heterocycles. The minimum atomic E-state index is -0.0699. The fraction of sp³-hybridized carbons (Fsp3) is 0.350. The summed E-state index contributed by atoms with van der Waals surface area (Å²) >= 11 is 0. The molecule has 0 amide bonds. The fourth-order valence-corrected chi connectivity index (χ4v) is 2.55. The fourth-order valence-electron chi connectivity index (χ4n) is 2.55. The lowest BCUT2D eigenvalue weighted by atomic mass is 9.82. The Balaban J connectivity index is 1.80. The largest absolute Gasteiger partial charge is 0.491 e. The van der Waals surface area contributed by atoms with Crippen LogP contribution in [-0.4, -0.2) is 25.1 Å². The highest BCUT2D eigenvalue weighted by atomic mass is 16.6. The Morgan fingerprint density at radius 3 is 2.39 bits per heavy atom. The number of carbonyl (C=O) groups is 1. The summed E-state index contributed by atoms with van der Waals surface area (Å²) in [6.45, 7) is 7.71. The van der Waals surface area contributed by atoms with Gasteiger partial charge in [0.15, 0.2) is 5.78 Å². The van der Waals surface area contributed by atoms with Crippen molar-refractivity contribution >= 4 is 5.78 Å². The monoisotopic (exact) mass is 310 g/mol. The Labute approximate surface area is 137 Å². The molecule has 1 aliphatic heterocycles. The van der Waals surface area contributed by atoms with Crippen molar-refractivity contribution in [2.24, 2.45) is 0 Å². The highest BCUT2D eigenvalue weighted by Gasteiger charge is 2.23. The van der Waals surface area contributed by atoms with E-state index in [2.05, 4.69) is 20.8 Å². The second-order valence-corrected chi connectivity index (χ2v) is 6.92. The summed E-state index contributed by atoms with van der Waals surface area (Å²) in [7, 11) is 0. The van der Waals surface area contributed by atoms with Crippen LogP contribution in [0.4, 0.5) is 0 Å². The van der Waals surface area contributed by atoms with Gasteiger partial charge in [-0.15, -0.1) is 0 Å². The van der Waals surface area contributed by atoms with Gasteiger partial charge in [0.2, 0.25) is 0 Å². The standard InChI is InChI=1S/C20H22O3/c1-20(2,3)18-7-5-4-6-17(18)19(21)14-8-10-15(11-9-14)22-12-16-13-23-16/h4-11,16H,12-13H2,1-3H3. The van der Waals surface area contributed by atoms with E-state index >= 15 is 0 Å². The molecule has 1 aliphatic rings. The highest BCUT2D eigenvalue weighted by molar-refractivity contribution is 6.10. The third-order valence-electron chi connectivity index (χ3n) is 3.93. The minimum Gasteiger partial charge on any atom is -0.491 e. The Morgan fingerprint density at radius 1 is 1.13 bits per heavy atom. The molecule has 0 spiro atoms. The Hall–Kier alpha value is -2.13. The zero-order valence-corrected chi connectivity index (χ0v) is 13.8. The van der Waals surface area contributed by atoms with Gasteiger partial charge in [0, 0.05) is 11.1 Å². The smallest absolute Gasteiger partial charge is 0.193 e. The van der Waals surface area contributed by atoms with E-state index in [4.69, 9.17) is 9.47 Å². The number of carbonyl (C=O) groups excluding carboxylic acids is 1. The van der Waals surface area contributed by atoms with Gasteiger partial charge in [-0.05, 0) is 35.2 Å². The number of ether oxygens (including phenoxy) is 2. The molecular formula is C20H22O3. The first-order valence-electron chi connectivity index (χ1n) is 7.94. The van der Waals surface area contributed by atoms with Gasteiger partial charge >= 0.3 is 0 Å². The van der Waals surface area contributed by atoms with Gasteiger partial charge in [-0.3, -0.25) is 4.79 Å². The molecule has 23 heavy (non-hydrogen) atoms. The van der Waals surface area contributed by atoms with Crippen molar-refractivity contribution in [2.45, 2.75) is 32.3 Å². The molecule has 0 saturated carbocycles. The van der Waals surface area contributed by atoms with Crippen molar-refractivity contribution in [3.8, 4) is 5.75 Å². The minimum absolute atomic E-state index is 0.0487. The first kappa shape index (κ1) is 15.8. The van der Waals surface area contributed by atoms with Crippen molar-refractivity contribution in [3.05, 3.63) is 65.2 Å². The summed E-state index contributed by atoms with van der Waals surface area (Å²) in [5.41, 5.74) is 2.44. The summed E-state index contributed by atoms with van der Waals surface area (Å²) in [6, 6.07) is 15.2. The Bertz CT molecular complexity index is 692. The van der Waals surface area contributed by atoms with Gasteiger partial charge in [-0.1, -0.05) is 45.0 Å². The lowest BCUT2D eigenvalue weighted by Gasteiger charge is -2.22.